The zero-order valence-corrected chi connectivity index (χ0v) is 18.9. The van der Waals surface area contributed by atoms with Crippen LogP contribution in [0.4, 0.5) is 0 Å². The highest BCUT2D eigenvalue weighted by Crippen LogP contribution is 2.31. The average molecular weight is 509 g/mol. The number of aliphatic hydroxyl groups is 5. The predicted octanol–water partition coefficient (Wildman–Crippen LogP) is -6.01. The fourth-order valence-corrected chi connectivity index (χ4v) is 4.56. The van der Waals surface area contributed by atoms with Crippen LogP contribution >= 0.6 is 0 Å². The van der Waals surface area contributed by atoms with E-state index in [9.17, 15) is 25.5 Å². The molecule has 0 aromatic carbocycles. The van der Waals surface area contributed by atoms with Crippen LogP contribution in [0, 0.1) is 0 Å². The van der Waals surface area contributed by atoms with Crippen molar-refractivity contribution in [3.8, 4) is 0 Å². The van der Waals surface area contributed by atoms with Gasteiger partial charge in [-0.1, -0.05) is 5.11 Å². The Labute approximate surface area is 200 Å². The smallest absolute Gasteiger partial charge is 0.186 e. The molecule has 3 aliphatic rings. The summed E-state index contributed by atoms with van der Waals surface area (Å²) in [6.07, 6.45) is -14.0. The molecule has 0 bridgehead atoms. The highest BCUT2D eigenvalue weighted by molar-refractivity contribution is 5.01. The van der Waals surface area contributed by atoms with Gasteiger partial charge >= 0.3 is 0 Å². The second-order valence-electron chi connectivity index (χ2n) is 9.11. The summed E-state index contributed by atoms with van der Waals surface area (Å²) in [4.78, 5) is 2.61. The maximum Gasteiger partial charge on any atom is 0.186 e. The molecule has 0 aromatic rings. The largest absolute Gasteiger partial charge is 0.389 e. The molecule has 202 valence electrons. The molecule has 3 fully saturated rings. The first-order valence-electron chi connectivity index (χ1n) is 11.3. The summed E-state index contributed by atoms with van der Waals surface area (Å²) in [5.74, 6) is 0. The van der Waals surface area contributed by atoms with Crippen molar-refractivity contribution in [3.05, 3.63) is 10.4 Å². The van der Waals surface area contributed by atoms with E-state index in [-0.39, 0.29) is 19.5 Å². The molecule has 2 saturated heterocycles. The summed E-state index contributed by atoms with van der Waals surface area (Å²) in [7, 11) is 0. The molecule has 3 rings (SSSR count). The zero-order chi connectivity index (χ0) is 26.0. The van der Waals surface area contributed by atoms with Gasteiger partial charge in [-0.25, -0.2) is 0 Å². The van der Waals surface area contributed by atoms with Gasteiger partial charge in [0.15, 0.2) is 12.6 Å². The van der Waals surface area contributed by atoms with Gasteiger partial charge < -0.3 is 73.1 Å². The van der Waals surface area contributed by atoms with E-state index in [2.05, 4.69) is 10.0 Å². The van der Waals surface area contributed by atoms with E-state index in [1.54, 1.807) is 0 Å². The van der Waals surface area contributed by atoms with Gasteiger partial charge in [0.1, 0.15) is 42.7 Å². The minimum Gasteiger partial charge on any atom is -0.389 e. The number of hydrogen-bond donors (Lipinski definition) is 10. The van der Waals surface area contributed by atoms with Gasteiger partial charge in [0.2, 0.25) is 0 Å². The third-order valence-electron chi connectivity index (χ3n) is 6.71. The van der Waals surface area contributed by atoms with Crippen molar-refractivity contribution >= 4 is 0 Å². The lowest BCUT2D eigenvalue weighted by Gasteiger charge is -2.48. The van der Waals surface area contributed by atoms with Crippen molar-refractivity contribution in [1.29, 1.82) is 0 Å². The molecule has 2 aliphatic heterocycles. The maximum absolute atomic E-state index is 11.0. The van der Waals surface area contributed by atoms with Gasteiger partial charge in [0, 0.05) is 23.5 Å². The van der Waals surface area contributed by atoms with Crippen molar-refractivity contribution in [2.45, 2.75) is 98.1 Å². The van der Waals surface area contributed by atoms with Crippen molar-refractivity contribution in [2.75, 3.05) is 13.1 Å². The van der Waals surface area contributed by atoms with E-state index >= 15 is 0 Å². The topological polar surface area (TPSA) is 317 Å². The van der Waals surface area contributed by atoms with Crippen LogP contribution in [0.1, 0.15) is 6.42 Å². The number of rotatable bonds is 7. The highest BCUT2D eigenvalue weighted by atomic mass is 16.7. The number of ether oxygens (including phenoxy) is 4. The molecule has 0 radical (unpaired) electrons. The lowest BCUT2D eigenvalue weighted by molar-refractivity contribution is -0.315. The Kier molecular flexibility index (Phi) is 9.60. The molecule has 35 heavy (non-hydrogen) atoms. The standard InChI is InChI=1S/C18H36N8O9/c19-2-6-11(28)12(29)9(23)17(32-6)34-15-4(20)1-5(21)16(14(15)31)35-18-13(30)8(22)10(27)7(33-18)3-25-26-24/h4-18,27-31H,1-3,19-23H2/t4-,5+,6+,7+,8-,9+,10+,11+,12+,13+,14-,15+,16-,17+,18+/m0/s1. The number of aliphatic hydroxyl groups excluding tert-OH is 5. The van der Waals surface area contributed by atoms with Gasteiger partial charge in [-0.2, -0.15) is 0 Å². The molecule has 17 nitrogen and oxygen atoms in total. The van der Waals surface area contributed by atoms with Crippen molar-refractivity contribution < 1.29 is 44.5 Å². The number of hydrogen-bond acceptors (Lipinski definition) is 15. The van der Waals surface area contributed by atoms with E-state index in [0.717, 1.165) is 0 Å². The SMILES string of the molecule is [N-]=[N+]=NC[C@H]1O[C@H](O[C@@H]2[C@@H](O)[C@H](O[C@H]3O[C@H](CN)[C@@H](O)[C@H](O)[C@H]3N)[C@@H](N)C[C@H]2N)[C@H](O)[C@@H](N)[C@@H]1O. The maximum atomic E-state index is 11.0. The minimum absolute atomic E-state index is 0.111. The molecule has 1 saturated carbocycles. The fourth-order valence-electron chi connectivity index (χ4n) is 4.56. The number of nitrogens with two attached hydrogens (primary N) is 5. The second kappa shape index (κ2) is 11.9. The van der Waals surface area contributed by atoms with Crippen LogP contribution < -0.4 is 28.7 Å². The molecule has 1 aliphatic carbocycles. The summed E-state index contributed by atoms with van der Waals surface area (Å²) in [6.45, 7) is -0.401. The minimum atomic E-state index is -1.50. The molecule has 0 amide bonds. The molecular formula is C18H36N8O9. The zero-order valence-electron chi connectivity index (χ0n) is 18.9. The summed E-state index contributed by atoms with van der Waals surface area (Å²) < 4.78 is 22.7. The predicted molar refractivity (Wildman–Crippen MR) is 117 cm³/mol. The first-order chi connectivity index (χ1) is 16.5. The van der Waals surface area contributed by atoms with Gasteiger partial charge in [-0.3, -0.25) is 0 Å². The first-order valence-corrected chi connectivity index (χ1v) is 11.3. The lowest BCUT2D eigenvalue weighted by Crippen LogP contribution is -2.69. The Hall–Kier alpha value is -1.25. The molecule has 15 atom stereocenters. The van der Waals surface area contributed by atoms with Gasteiger partial charge in [-0.15, -0.1) is 0 Å². The van der Waals surface area contributed by atoms with Gasteiger partial charge in [0.25, 0.3) is 0 Å². The molecule has 0 spiro atoms. The molecule has 2 heterocycles. The summed E-state index contributed by atoms with van der Waals surface area (Å²) in [5.41, 5.74) is 38.3. The summed E-state index contributed by atoms with van der Waals surface area (Å²) in [5, 5.41) is 55.3. The Balaban J connectivity index is 1.73. The van der Waals surface area contributed by atoms with Crippen molar-refractivity contribution in [1.82, 2.24) is 0 Å². The van der Waals surface area contributed by atoms with Gasteiger partial charge in [-0.05, 0) is 12.0 Å². The van der Waals surface area contributed by atoms with Crippen LogP contribution in [0.3, 0.4) is 0 Å². The van der Waals surface area contributed by atoms with E-state index < -0.39 is 91.7 Å². The van der Waals surface area contributed by atoms with E-state index in [4.69, 9.17) is 53.1 Å². The monoisotopic (exact) mass is 508 g/mol. The third-order valence-corrected chi connectivity index (χ3v) is 6.71. The van der Waals surface area contributed by atoms with Crippen LogP contribution in [-0.2, 0) is 18.9 Å². The Morgan fingerprint density at radius 3 is 1.91 bits per heavy atom. The quantitative estimate of drug-likeness (QED) is 0.0869. The summed E-state index contributed by atoms with van der Waals surface area (Å²) in [6, 6.07) is -3.99. The van der Waals surface area contributed by atoms with E-state index in [1.165, 1.54) is 0 Å². The molecule has 17 heteroatoms. The highest BCUT2D eigenvalue weighted by Gasteiger charge is 2.51. The van der Waals surface area contributed by atoms with E-state index in [1.807, 2.05) is 0 Å². The van der Waals surface area contributed by atoms with Crippen LogP contribution in [-0.4, -0.2) is 130 Å². The van der Waals surface area contributed by atoms with Crippen LogP contribution in [0.25, 0.3) is 10.4 Å². The number of azide groups is 1. The van der Waals surface area contributed by atoms with Crippen LogP contribution in [0.15, 0.2) is 5.11 Å². The first kappa shape index (κ1) is 28.3. The summed E-state index contributed by atoms with van der Waals surface area (Å²) >= 11 is 0. The van der Waals surface area contributed by atoms with Crippen molar-refractivity contribution in [2.24, 2.45) is 33.8 Å². The fraction of sp³-hybridized carbons (Fsp3) is 1.00. The Bertz CT molecular complexity index is 749. The second-order valence-corrected chi connectivity index (χ2v) is 9.11. The van der Waals surface area contributed by atoms with Gasteiger partial charge in [0.05, 0.1) is 30.8 Å². The average Bonchev–Trinajstić information content (AvgIpc) is 2.83. The molecular weight excluding hydrogens is 472 g/mol. The lowest BCUT2D eigenvalue weighted by atomic mass is 9.84. The van der Waals surface area contributed by atoms with E-state index in [0.29, 0.717) is 0 Å². The molecule has 0 aromatic heterocycles. The molecule has 0 unspecified atom stereocenters. The number of nitrogens with zero attached hydrogens (tertiary/aromatic N) is 3. The Morgan fingerprint density at radius 1 is 0.771 bits per heavy atom. The third kappa shape index (κ3) is 5.85. The van der Waals surface area contributed by atoms with Crippen LogP contribution in [0.2, 0.25) is 0 Å². The molecule has 15 N–H and O–H groups in total. The van der Waals surface area contributed by atoms with Crippen LogP contribution in [0.5, 0.6) is 0 Å². The van der Waals surface area contributed by atoms with Crippen molar-refractivity contribution in [3.63, 3.8) is 0 Å². The normalized spacial score (nSPS) is 51.0. The Morgan fingerprint density at radius 2 is 1.34 bits per heavy atom.